The van der Waals surface area contributed by atoms with Crippen LogP contribution in [-0.2, 0) is 0 Å². The minimum Gasteiger partial charge on any atom is -0.340 e. The number of carbonyl (C=O) groups is 1. The molecule has 4 nitrogen and oxygen atoms in total. The molecule has 0 saturated carbocycles. The Balaban J connectivity index is 1.76. The lowest BCUT2D eigenvalue weighted by Gasteiger charge is -2.32. The molecule has 1 aromatic heterocycles. The Labute approximate surface area is 121 Å². The Hall–Kier alpha value is -1.29. The van der Waals surface area contributed by atoms with Crippen molar-refractivity contribution in [3.63, 3.8) is 0 Å². The first-order valence-electron chi connectivity index (χ1n) is 7.92. The summed E-state index contributed by atoms with van der Waals surface area (Å²) >= 11 is 0. The van der Waals surface area contributed by atoms with Gasteiger partial charge in [-0.2, -0.15) is 0 Å². The predicted molar refractivity (Wildman–Crippen MR) is 79.9 cm³/mol. The average Bonchev–Trinajstić information content (AvgIpc) is 2.97. The van der Waals surface area contributed by atoms with Crippen molar-refractivity contribution in [1.82, 2.24) is 14.8 Å². The molecule has 1 N–H and O–H groups in total. The minimum absolute atomic E-state index is 0.222. The standard InChI is InChI=1S/C16H25N3O/c1-13-4-2-10-18(12-13)16(20)15-5-3-11-19(15)14-6-8-17-9-7-14/h3,5,11,13-14,17H,2,4,6-10,12H2,1H3. The van der Waals surface area contributed by atoms with Crippen LogP contribution in [0.5, 0.6) is 0 Å². The molecule has 0 aliphatic carbocycles. The molecule has 1 unspecified atom stereocenters. The minimum atomic E-state index is 0.222. The van der Waals surface area contributed by atoms with Gasteiger partial charge in [0.2, 0.25) is 0 Å². The van der Waals surface area contributed by atoms with E-state index in [9.17, 15) is 4.79 Å². The number of hydrogen-bond donors (Lipinski definition) is 1. The molecular formula is C16H25N3O. The number of aromatic nitrogens is 1. The smallest absolute Gasteiger partial charge is 0.270 e. The zero-order chi connectivity index (χ0) is 13.9. The number of rotatable bonds is 2. The van der Waals surface area contributed by atoms with E-state index in [2.05, 4.69) is 23.0 Å². The van der Waals surface area contributed by atoms with Crippen molar-refractivity contribution in [3.05, 3.63) is 24.0 Å². The Bertz CT molecular complexity index is 462. The fourth-order valence-corrected chi connectivity index (χ4v) is 3.51. The summed E-state index contributed by atoms with van der Waals surface area (Å²) in [4.78, 5) is 14.8. The highest BCUT2D eigenvalue weighted by atomic mass is 16.2. The Morgan fingerprint density at radius 3 is 2.85 bits per heavy atom. The number of piperidine rings is 2. The molecule has 1 aromatic rings. The molecule has 0 spiro atoms. The lowest BCUT2D eigenvalue weighted by atomic mass is 10.00. The number of nitrogens with one attached hydrogen (secondary N) is 1. The summed E-state index contributed by atoms with van der Waals surface area (Å²) in [5.74, 6) is 0.857. The number of amides is 1. The van der Waals surface area contributed by atoms with Crippen molar-refractivity contribution in [2.75, 3.05) is 26.2 Å². The third-order valence-electron chi connectivity index (χ3n) is 4.64. The summed E-state index contributed by atoms with van der Waals surface area (Å²) in [5, 5.41) is 3.39. The van der Waals surface area contributed by atoms with E-state index in [0.717, 1.165) is 51.1 Å². The van der Waals surface area contributed by atoms with E-state index in [4.69, 9.17) is 0 Å². The molecule has 2 fully saturated rings. The molecule has 1 amide bonds. The van der Waals surface area contributed by atoms with Crippen molar-refractivity contribution in [2.24, 2.45) is 5.92 Å². The SMILES string of the molecule is CC1CCCN(C(=O)c2cccn2C2CCNCC2)C1. The fourth-order valence-electron chi connectivity index (χ4n) is 3.51. The van der Waals surface area contributed by atoms with Crippen LogP contribution in [0, 0.1) is 5.92 Å². The molecule has 3 rings (SSSR count). The van der Waals surface area contributed by atoms with Gasteiger partial charge in [-0.15, -0.1) is 0 Å². The van der Waals surface area contributed by atoms with Crippen molar-refractivity contribution in [3.8, 4) is 0 Å². The van der Waals surface area contributed by atoms with Crippen LogP contribution in [0.4, 0.5) is 0 Å². The highest BCUT2D eigenvalue weighted by Gasteiger charge is 2.26. The summed E-state index contributed by atoms with van der Waals surface area (Å²) in [5.41, 5.74) is 0.881. The first kappa shape index (κ1) is 13.7. The maximum absolute atomic E-state index is 12.8. The van der Waals surface area contributed by atoms with Crippen LogP contribution >= 0.6 is 0 Å². The Morgan fingerprint density at radius 1 is 1.30 bits per heavy atom. The molecule has 2 aliphatic rings. The van der Waals surface area contributed by atoms with Gasteiger partial charge in [0.15, 0.2) is 0 Å². The summed E-state index contributed by atoms with van der Waals surface area (Å²) < 4.78 is 2.21. The monoisotopic (exact) mass is 275 g/mol. The predicted octanol–water partition coefficient (Wildman–Crippen LogP) is 2.28. The number of nitrogens with zero attached hydrogens (tertiary/aromatic N) is 2. The van der Waals surface area contributed by atoms with E-state index in [1.54, 1.807) is 0 Å². The summed E-state index contributed by atoms with van der Waals surface area (Å²) in [6.45, 7) is 6.18. The van der Waals surface area contributed by atoms with Crippen molar-refractivity contribution in [2.45, 2.75) is 38.6 Å². The van der Waals surface area contributed by atoms with Crippen LogP contribution in [0.2, 0.25) is 0 Å². The second-order valence-corrected chi connectivity index (χ2v) is 6.28. The third-order valence-corrected chi connectivity index (χ3v) is 4.64. The largest absolute Gasteiger partial charge is 0.340 e. The number of hydrogen-bond acceptors (Lipinski definition) is 2. The van der Waals surface area contributed by atoms with Gasteiger partial charge in [0.1, 0.15) is 5.69 Å². The Morgan fingerprint density at radius 2 is 2.10 bits per heavy atom. The summed E-state index contributed by atoms with van der Waals surface area (Å²) in [7, 11) is 0. The highest BCUT2D eigenvalue weighted by Crippen LogP contribution is 2.24. The molecule has 110 valence electrons. The van der Waals surface area contributed by atoms with Crippen LogP contribution in [-0.4, -0.2) is 41.6 Å². The van der Waals surface area contributed by atoms with Crippen molar-refractivity contribution < 1.29 is 4.79 Å². The molecule has 0 aromatic carbocycles. The second-order valence-electron chi connectivity index (χ2n) is 6.28. The van der Waals surface area contributed by atoms with Crippen molar-refractivity contribution in [1.29, 1.82) is 0 Å². The highest BCUT2D eigenvalue weighted by molar-refractivity contribution is 5.92. The average molecular weight is 275 g/mol. The summed E-state index contributed by atoms with van der Waals surface area (Å²) in [6.07, 6.45) is 6.70. The van der Waals surface area contributed by atoms with Gasteiger partial charge in [-0.3, -0.25) is 4.79 Å². The van der Waals surface area contributed by atoms with Crippen LogP contribution in [0.25, 0.3) is 0 Å². The number of carbonyl (C=O) groups excluding carboxylic acids is 1. The van der Waals surface area contributed by atoms with Gasteiger partial charge in [-0.05, 0) is 56.8 Å². The van der Waals surface area contributed by atoms with E-state index in [-0.39, 0.29) is 5.91 Å². The maximum Gasteiger partial charge on any atom is 0.270 e. The topological polar surface area (TPSA) is 37.3 Å². The van der Waals surface area contributed by atoms with Gasteiger partial charge in [-0.25, -0.2) is 0 Å². The lowest BCUT2D eigenvalue weighted by molar-refractivity contribution is 0.0668. The second kappa shape index (κ2) is 6.00. The molecule has 1 atom stereocenters. The van der Waals surface area contributed by atoms with E-state index >= 15 is 0 Å². The molecule has 20 heavy (non-hydrogen) atoms. The molecule has 0 radical (unpaired) electrons. The van der Waals surface area contributed by atoms with Crippen LogP contribution < -0.4 is 5.32 Å². The molecule has 0 bridgehead atoms. The third kappa shape index (κ3) is 2.75. The zero-order valence-corrected chi connectivity index (χ0v) is 12.3. The van der Waals surface area contributed by atoms with E-state index in [0.29, 0.717) is 12.0 Å². The van der Waals surface area contributed by atoms with Crippen LogP contribution in [0.1, 0.15) is 49.1 Å². The maximum atomic E-state index is 12.8. The first-order chi connectivity index (χ1) is 9.75. The molecule has 2 aliphatic heterocycles. The Kier molecular flexibility index (Phi) is 4.10. The first-order valence-corrected chi connectivity index (χ1v) is 7.92. The van der Waals surface area contributed by atoms with E-state index in [1.807, 2.05) is 17.0 Å². The van der Waals surface area contributed by atoms with Gasteiger partial charge in [-0.1, -0.05) is 6.92 Å². The van der Waals surface area contributed by atoms with Gasteiger partial charge in [0.05, 0.1) is 0 Å². The molecule has 3 heterocycles. The lowest BCUT2D eigenvalue weighted by Crippen LogP contribution is -2.40. The van der Waals surface area contributed by atoms with Gasteiger partial charge in [0, 0.05) is 25.3 Å². The molecule has 2 saturated heterocycles. The zero-order valence-electron chi connectivity index (χ0n) is 12.3. The van der Waals surface area contributed by atoms with Crippen LogP contribution in [0.3, 0.4) is 0 Å². The van der Waals surface area contributed by atoms with Gasteiger partial charge in [0.25, 0.3) is 5.91 Å². The quantitative estimate of drug-likeness (QED) is 0.899. The van der Waals surface area contributed by atoms with Crippen molar-refractivity contribution >= 4 is 5.91 Å². The van der Waals surface area contributed by atoms with Gasteiger partial charge < -0.3 is 14.8 Å². The van der Waals surface area contributed by atoms with Gasteiger partial charge >= 0.3 is 0 Å². The number of likely N-dealkylation sites (tertiary alicyclic amines) is 1. The molecular weight excluding hydrogens is 250 g/mol. The fraction of sp³-hybridized carbons (Fsp3) is 0.688. The normalized spacial score (nSPS) is 24.9. The van der Waals surface area contributed by atoms with Crippen LogP contribution in [0.15, 0.2) is 18.3 Å². The van der Waals surface area contributed by atoms with E-state index in [1.165, 1.54) is 6.42 Å². The summed E-state index contributed by atoms with van der Waals surface area (Å²) in [6, 6.07) is 4.49. The molecule has 4 heteroatoms. The van der Waals surface area contributed by atoms with E-state index < -0.39 is 0 Å².